The van der Waals surface area contributed by atoms with E-state index in [2.05, 4.69) is 13.2 Å². The Morgan fingerprint density at radius 3 is 2.00 bits per heavy atom. The summed E-state index contributed by atoms with van der Waals surface area (Å²) in [7, 11) is 0. The molecule has 3 rings (SSSR count). The molecular weight excluding hydrogens is 298 g/mol. The van der Waals surface area contributed by atoms with Crippen molar-refractivity contribution in [1.82, 2.24) is 4.90 Å². The molecule has 0 bridgehead atoms. The highest BCUT2D eigenvalue weighted by molar-refractivity contribution is 6.00. The van der Waals surface area contributed by atoms with Gasteiger partial charge in [0, 0.05) is 19.0 Å². The zero-order chi connectivity index (χ0) is 17.4. The maximum Gasteiger partial charge on any atom is 0.230 e. The predicted octanol–water partition coefficient (Wildman–Crippen LogP) is 3.79. The van der Waals surface area contributed by atoms with Gasteiger partial charge in [-0.3, -0.25) is 9.59 Å². The van der Waals surface area contributed by atoms with Crippen LogP contribution in [0.3, 0.4) is 0 Å². The average molecular weight is 321 g/mol. The van der Waals surface area contributed by atoms with E-state index in [-0.39, 0.29) is 24.2 Å². The molecule has 1 atom stereocenters. The first kappa shape index (κ1) is 17.7. The van der Waals surface area contributed by atoms with E-state index in [9.17, 15) is 9.59 Å². The first-order valence-corrected chi connectivity index (χ1v) is 8.11. The molecule has 1 heterocycles. The van der Waals surface area contributed by atoms with Gasteiger partial charge in [-0.05, 0) is 17.5 Å². The Kier molecular flexibility index (Phi) is 6.50. The fourth-order valence-electron chi connectivity index (χ4n) is 2.98. The number of nitrogens with zero attached hydrogens (tertiary/aromatic N) is 1. The van der Waals surface area contributed by atoms with E-state index < -0.39 is 0 Å². The van der Waals surface area contributed by atoms with Crippen molar-refractivity contribution in [2.75, 3.05) is 0 Å². The molecule has 0 saturated carbocycles. The molecular formula is C21H23NO2. The van der Waals surface area contributed by atoms with Gasteiger partial charge in [-0.25, -0.2) is 0 Å². The summed E-state index contributed by atoms with van der Waals surface area (Å²) in [5.74, 6) is -0.00345. The van der Waals surface area contributed by atoms with Gasteiger partial charge in [0.15, 0.2) is 0 Å². The molecule has 1 amide bonds. The van der Waals surface area contributed by atoms with Gasteiger partial charge in [0.05, 0.1) is 6.42 Å². The Bertz CT molecular complexity index is 667. The van der Waals surface area contributed by atoms with Crippen LogP contribution in [0.2, 0.25) is 0 Å². The highest BCUT2D eigenvalue weighted by Crippen LogP contribution is 2.22. The van der Waals surface area contributed by atoms with Gasteiger partial charge in [-0.15, -0.1) is 13.2 Å². The highest BCUT2D eigenvalue weighted by atomic mass is 16.2. The molecule has 1 aliphatic rings. The maximum absolute atomic E-state index is 12.3. The lowest BCUT2D eigenvalue weighted by Gasteiger charge is -2.35. The maximum atomic E-state index is 12.3. The van der Waals surface area contributed by atoms with Crippen LogP contribution in [0.5, 0.6) is 0 Å². The number of amides is 1. The van der Waals surface area contributed by atoms with Crippen molar-refractivity contribution in [2.45, 2.75) is 31.8 Å². The molecule has 0 unspecified atom stereocenters. The molecule has 0 spiro atoms. The molecule has 24 heavy (non-hydrogen) atoms. The number of likely N-dealkylation sites (tertiary alicyclic amines) is 1. The van der Waals surface area contributed by atoms with E-state index in [0.717, 1.165) is 17.5 Å². The van der Waals surface area contributed by atoms with Gasteiger partial charge in [0.25, 0.3) is 0 Å². The molecule has 124 valence electrons. The largest absolute Gasteiger partial charge is 0.334 e. The molecule has 0 aromatic heterocycles. The lowest BCUT2D eigenvalue weighted by molar-refractivity contribution is -0.143. The van der Waals surface area contributed by atoms with Gasteiger partial charge in [0.2, 0.25) is 5.91 Å². The number of hydrogen-bond donors (Lipinski definition) is 0. The van der Waals surface area contributed by atoms with Crippen LogP contribution in [-0.2, 0) is 22.6 Å². The minimum absolute atomic E-state index is 0.0398. The van der Waals surface area contributed by atoms with Crippen LogP contribution in [0.25, 0.3) is 0 Å². The van der Waals surface area contributed by atoms with E-state index in [1.807, 2.05) is 65.6 Å². The third-order valence-corrected chi connectivity index (χ3v) is 4.08. The number of carbonyl (C=O) groups excluding carboxylic acids is 2. The third kappa shape index (κ3) is 4.66. The average Bonchev–Trinajstić information content (AvgIpc) is 2.61. The number of hydrogen-bond acceptors (Lipinski definition) is 2. The van der Waals surface area contributed by atoms with Gasteiger partial charge in [-0.2, -0.15) is 0 Å². The molecule has 1 fully saturated rings. The Morgan fingerprint density at radius 1 is 0.875 bits per heavy atom. The smallest absolute Gasteiger partial charge is 0.230 e. The summed E-state index contributed by atoms with van der Waals surface area (Å²) < 4.78 is 0. The number of benzene rings is 2. The van der Waals surface area contributed by atoms with Crippen molar-refractivity contribution in [3.8, 4) is 0 Å². The van der Waals surface area contributed by atoms with Crippen LogP contribution in [0.15, 0.2) is 73.8 Å². The monoisotopic (exact) mass is 321 g/mol. The molecule has 3 heteroatoms. The second-order valence-electron chi connectivity index (χ2n) is 5.77. The van der Waals surface area contributed by atoms with E-state index >= 15 is 0 Å². The topological polar surface area (TPSA) is 37.4 Å². The molecule has 1 saturated heterocycles. The minimum Gasteiger partial charge on any atom is -0.334 e. The Hall–Kier alpha value is -2.68. The fraction of sp³-hybridized carbons (Fsp3) is 0.238. The van der Waals surface area contributed by atoms with Gasteiger partial charge < -0.3 is 4.90 Å². The lowest BCUT2D eigenvalue weighted by atomic mass is 9.94. The summed E-state index contributed by atoms with van der Waals surface area (Å²) in [6.45, 7) is 6.57. The van der Waals surface area contributed by atoms with Crippen molar-refractivity contribution in [1.29, 1.82) is 0 Å². The lowest BCUT2D eigenvalue weighted by Crippen LogP contribution is -2.47. The summed E-state index contributed by atoms with van der Waals surface area (Å²) in [6, 6.07) is 19.9. The molecule has 2 aromatic rings. The van der Waals surface area contributed by atoms with Gasteiger partial charge >= 0.3 is 0 Å². The van der Waals surface area contributed by atoms with Crippen molar-refractivity contribution in [2.24, 2.45) is 0 Å². The van der Waals surface area contributed by atoms with Gasteiger partial charge in [0.1, 0.15) is 5.78 Å². The number of Topliss-reactive ketones (excluding diaryl/α,β-unsaturated/α-hetero) is 1. The van der Waals surface area contributed by atoms with Crippen molar-refractivity contribution < 1.29 is 9.59 Å². The molecule has 3 nitrogen and oxygen atoms in total. The summed E-state index contributed by atoms with van der Waals surface area (Å²) in [5.41, 5.74) is 2.26. The summed E-state index contributed by atoms with van der Waals surface area (Å²) in [6.07, 6.45) is 1.22. The highest BCUT2D eigenvalue weighted by Gasteiger charge is 2.32. The summed E-state index contributed by atoms with van der Waals surface area (Å²) >= 11 is 0. The van der Waals surface area contributed by atoms with Crippen LogP contribution < -0.4 is 0 Å². The number of rotatable bonds is 4. The molecule has 0 radical (unpaired) electrons. The van der Waals surface area contributed by atoms with Crippen LogP contribution in [0.4, 0.5) is 0 Å². The summed E-state index contributed by atoms with van der Waals surface area (Å²) in [5, 5.41) is 0. The standard InChI is InChI=1S/C19H19NO2.C2H4/c21-18-12-17(11-15-7-3-1-4-8-15)20(19(22)13-18)14-16-9-5-2-6-10-16;1-2/h1-10,17H,11-14H2;1-2H2/t17-;/m1./s1. The predicted molar refractivity (Wildman–Crippen MR) is 96.4 cm³/mol. The second-order valence-corrected chi connectivity index (χ2v) is 5.77. The van der Waals surface area contributed by atoms with E-state index in [0.29, 0.717) is 13.0 Å². The second kappa shape index (κ2) is 8.82. The zero-order valence-corrected chi connectivity index (χ0v) is 13.9. The van der Waals surface area contributed by atoms with Crippen molar-refractivity contribution in [3.63, 3.8) is 0 Å². The van der Waals surface area contributed by atoms with E-state index in [1.165, 1.54) is 0 Å². The number of ketones is 1. The van der Waals surface area contributed by atoms with Gasteiger partial charge in [-0.1, -0.05) is 60.7 Å². The first-order valence-electron chi connectivity index (χ1n) is 8.11. The Labute approximate surface area is 143 Å². The Balaban J connectivity index is 0.00000100. The minimum atomic E-state index is -0.0546. The van der Waals surface area contributed by atoms with Crippen LogP contribution >= 0.6 is 0 Å². The molecule has 1 aliphatic heterocycles. The SMILES string of the molecule is C=C.O=C1CC(=O)N(Cc2ccccc2)[C@H](Cc2ccccc2)C1. The number of carbonyl (C=O) groups is 2. The zero-order valence-electron chi connectivity index (χ0n) is 13.9. The Morgan fingerprint density at radius 2 is 1.42 bits per heavy atom. The molecule has 0 N–H and O–H groups in total. The van der Waals surface area contributed by atoms with E-state index in [1.54, 1.807) is 0 Å². The van der Waals surface area contributed by atoms with Crippen molar-refractivity contribution in [3.05, 3.63) is 84.9 Å². The molecule has 2 aromatic carbocycles. The fourth-order valence-corrected chi connectivity index (χ4v) is 2.98. The molecule has 0 aliphatic carbocycles. The van der Waals surface area contributed by atoms with Crippen LogP contribution in [0.1, 0.15) is 24.0 Å². The van der Waals surface area contributed by atoms with E-state index in [4.69, 9.17) is 0 Å². The third-order valence-electron chi connectivity index (χ3n) is 4.08. The quantitative estimate of drug-likeness (QED) is 0.634. The van der Waals surface area contributed by atoms with Crippen LogP contribution in [-0.4, -0.2) is 22.6 Å². The van der Waals surface area contributed by atoms with Crippen molar-refractivity contribution >= 4 is 11.7 Å². The normalized spacial score (nSPS) is 17.2. The first-order chi connectivity index (χ1) is 11.7. The van der Waals surface area contributed by atoms with Crippen LogP contribution in [0, 0.1) is 0 Å². The summed E-state index contributed by atoms with van der Waals surface area (Å²) in [4.78, 5) is 26.0. The number of piperidine rings is 1.